The molecule has 0 amide bonds. The predicted molar refractivity (Wildman–Crippen MR) is 109 cm³/mol. The number of nitrogens with zero attached hydrogens (tertiary/aromatic N) is 6. The molecule has 0 unspecified atom stereocenters. The lowest BCUT2D eigenvalue weighted by Gasteiger charge is -2.36. The zero-order valence-electron chi connectivity index (χ0n) is 16.5. The van der Waals surface area contributed by atoms with Crippen LogP contribution in [0, 0.1) is 0 Å². The van der Waals surface area contributed by atoms with Crippen LogP contribution in [0.1, 0.15) is 20.3 Å². The van der Waals surface area contributed by atoms with Crippen molar-refractivity contribution >= 4 is 21.9 Å². The first-order valence-corrected chi connectivity index (χ1v) is 11.3. The zero-order valence-corrected chi connectivity index (χ0v) is 17.3. The van der Waals surface area contributed by atoms with Crippen molar-refractivity contribution in [3.63, 3.8) is 0 Å². The van der Waals surface area contributed by atoms with Crippen LogP contribution in [0.15, 0.2) is 23.5 Å². The Hall–Kier alpha value is -1.94. The maximum Gasteiger partial charge on any atom is 0.225 e. The quantitative estimate of drug-likeness (QED) is 0.381. The van der Waals surface area contributed by atoms with Crippen LogP contribution in [0.5, 0.6) is 0 Å². The van der Waals surface area contributed by atoms with E-state index in [1.165, 1.54) is 10.6 Å². The normalized spacial score (nSPS) is 16.1. The smallest absolute Gasteiger partial charge is 0.225 e. The topological polar surface area (TPSA) is 94.0 Å². The Bertz CT molecular complexity index is 688. The maximum absolute atomic E-state index is 11.6. The van der Waals surface area contributed by atoms with Crippen LogP contribution < -0.4 is 10.2 Å². The van der Waals surface area contributed by atoms with Gasteiger partial charge in [-0.25, -0.2) is 22.7 Å². The van der Waals surface area contributed by atoms with E-state index in [2.05, 4.69) is 30.1 Å². The highest BCUT2D eigenvalue weighted by Crippen LogP contribution is 2.10. The molecule has 0 aliphatic carbocycles. The van der Waals surface area contributed by atoms with Crippen LogP contribution in [0.2, 0.25) is 0 Å². The van der Waals surface area contributed by atoms with Gasteiger partial charge in [0.25, 0.3) is 0 Å². The molecule has 0 atom stereocenters. The lowest BCUT2D eigenvalue weighted by atomic mass is 10.3. The molecule has 1 aliphatic rings. The Balaban J connectivity index is 1.86. The van der Waals surface area contributed by atoms with Crippen LogP contribution in [-0.2, 0) is 10.0 Å². The maximum atomic E-state index is 11.6. The molecule has 152 valence electrons. The largest absolute Gasteiger partial charge is 0.357 e. The Morgan fingerprint density at radius 3 is 2.44 bits per heavy atom. The fourth-order valence-corrected chi connectivity index (χ4v) is 3.92. The third-order valence-corrected chi connectivity index (χ3v) is 5.78. The second-order valence-corrected chi connectivity index (χ2v) is 8.35. The van der Waals surface area contributed by atoms with Gasteiger partial charge < -0.3 is 15.1 Å². The molecule has 1 aromatic rings. The summed E-state index contributed by atoms with van der Waals surface area (Å²) in [6.45, 7) is 9.64. The average Bonchev–Trinajstić information content (AvgIpc) is 2.67. The fourth-order valence-electron chi connectivity index (χ4n) is 2.99. The van der Waals surface area contributed by atoms with Crippen LogP contribution in [0.25, 0.3) is 0 Å². The average molecular weight is 398 g/mol. The Kier molecular flexibility index (Phi) is 8.23. The van der Waals surface area contributed by atoms with E-state index < -0.39 is 10.0 Å². The predicted octanol–water partition coefficient (Wildman–Crippen LogP) is 0.236. The fraction of sp³-hybridized carbons (Fsp3) is 0.706. The van der Waals surface area contributed by atoms with Gasteiger partial charge in [-0.1, -0.05) is 6.92 Å². The van der Waals surface area contributed by atoms with Gasteiger partial charge in [0.2, 0.25) is 16.0 Å². The number of hydrogen-bond donors (Lipinski definition) is 1. The zero-order chi connectivity index (χ0) is 19.7. The monoisotopic (exact) mass is 397 g/mol. The Labute approximate surface area is 162 Å². The summed E-state index contributed by atoms with van der Waals surface area (Å²) in [5.74, 6) is 1.65. The molecule has 10 heteroatoms. The van der Waals surface area contributed by atoms with Crippen LogP contribution >= 0.6 is 0 Å². The standard InChI is InChI=1S/C17H31N7O2S/c1-4-18-16(21-10-7-11-24(5-2)27(3,25)26)22-12-14-23(15-13-22)17-19-8-6-9-20-17/h6,8-9H,4-5,7,10-15H2,1-3H3,(H,18,21). The molecule has 1 aromatic heterocycles. The number of rotatable bonds is 8. The minimum atomic E-state index is -3.14. The molecule has 0 bridgehead atoms. The lowest BCUT2D eigenvalue weighted by molar-refractivity contribution is 0.369. The first kappa shape index (κ1) is 21.4. The van der Waals surface area contributed by atoms with E-state index in [-0.39, 0.29) is 0 Å². The van der Waals surface area contributed by atoms with Gasteiger partial charge in [-0.05, 0) is 19.4 Å². The second kappa shape index (κ2) is 10.4. The summed E-state index contributed by atoms with van der Waals surface area (Å²) >= 11 is 0. The molecule has 1 aliphatic heterocycles. The summed E-state index contributed by atoms with van der Waals surface area (Å²) in [6.07, 6.45) is 5.47. The molecule has 0 saturated carbocycles. The third kappa shape index (κ3) is 6.62. The first-order valence-electron chi connectivity index (χ1n) is 9.46. The summed E-state index contributed by atoms with van der Waals surface area (Å²) < 4.78 is 24.8. The van der Waals surface area contributed by atoms with E-state index >= 15 is 0 Å². The summed E-state index contributed by atoms with van der Waals surface area (Å²) in [4.78, 5) is 17.7. The molecule has 1 N–H and O–H groups in total. The van der Waals surface area contributed by atoms with Gasteiger partial charge in [-0.3, -0.25) is 4.99 Å². The molecule has 27 heavy (non-hydrogen) atoms. The molecule has 0 spiro atoms. The molecular formula is C17H31N7O2S. The van der Waals surface area contributed by atoms with E-state index in [9.17, 15) is 8.42 Å². The first-order chi connectivity index (χ1) is 13.0. The van der Waals surface area contributed by atoms with Crippen LogP contribution in [0.4, 0.5) is 5.95 Å². The van der Waals surface area contributed by atoms with Gasteiger partial charge in [0.1, 0.15) is 0 Å². The summed E-state index contributed by atoms with van der Waals surface area (Å²) in [5, 5.41) is 3.33. The highest BCUT2D eigenvalue weighted by molar-refractivity contribution is 7.88. The van der Waals surface area contributed by atoms with Crippen molar-refractivity contribution in [1.29, 1.82) is 0 Å². The Morgan fingerprint density at radius 1 is 1.22 bits per heavy atom. The van der Waals surface area contributed by atoms with Gasteiger partial charge in [-0.15, -0.1) is 0 Å². The van der Waals surface area contributed by atoms with Gasteiger partial charge in [0.15, 0.2) is 5.96 Å². The van der Waals surface area contributed by atoms with Gasteiger partial charge >= 0.3 is 0 Å². The molecule has 2 heterocycles. The van der Waals surface area contributed by atoms with Crippen molar-refractivity contribution in [3.8, 4) is 0 Å². The summed E-state index contributed by atoms with van der Waals surface area (Å²) in [5.41, 5.74) is 0. The molecule has 1 fully saturated rings. The number of aromatic nitrogens is 2. The second-order valence-electron chi connectivity index (χ2n) is 6.37. The number of anilines is 1. The minimum absolute atomic E-state index is 0.492. The van der Waals surface area contributed by atoms with Crippen LogP contribution in [-0.4, -0.2) is 92.2 Å². The van der Waals surface area contributed by atoms with E-state index in [0.717, 1.165) is 44.6 Å². The molecule has 1 saturated heterocycles. The molecule has 2 rings (SSSR count). The van der Waals surface area contributed by atoms with E-state index in [1.54, 1.807) is 12.4 Å². The molecular weight excluding hydrogens is 366 g/mol. The number of guanidine groups is 1. The number of piperazine rings is 1. The van der Waals surface area contributed by atoms with Gasteiger partial charge in [0.05, 0.1) is 6.26 Å². The molecule has 0 aromatic carbocycles. The van der Waals surface area contributed by atoms with Gasteiger partial charge in [-0.2, -0.15) is 0 Å². The molecule has 9 nitrogen and oxygen atoms in total. The number of aliphatic imine (C=N–C) groups is 1. The van der Waals surface area contributed by atoms with Crippen molar-refractivity contribution in [3.05, 3.63) is 18.5 Å². The number of sulfonamides is 1. The van der Waals surface area contributed by atoms with Crippen molar-refractivity contribution in [1.82, 2.24) is 24.5 Å². The number of hydrogen-bond acceptors (Lipinski definition) is 6. The van der Waals surface area contributed by atoms with Crippen molar-refractivity contribution in [2.45, 2.75) is 20.3 Å². The highest BCUT2D eigenvalue weighted by Gasteiger charge is 2.21. The minimum Gasteiger partial charge on any atom is -0.357 e. The summed E-state index contributed by atoms with van der Waals surface area (Å²) in [7, 11) is -3.14. The van der Waals surface area contributed by atoms with Crippen molar-refractivity contribution < 1.29 is 8.42 Å². The van der Waals surface area contributed by atoms with E-state index in [4.69, 9.17) is 0 Å². The van der Waals surface area contributed by atoms with E-state index in [1.807, 2.05) is 19.9 Å². The van der Waals surface area contributed by atoms with Crippen molar-refractivity contribution in [2.24, 2.45) is 4.99 Å². The summed E-state index contributed by atoms with van der Waals surface area (Å²) in [6, 6.07) is 1.82. The lowest BCUT2D eigenvalue weighted by Crippen LogP contribution is -2.53. The van der Waals surface area contributed by atoms with Crippen LogP contribution in [0.3, 0.4) is 0 Å². The number of nitrogens with one attached hydrogen (secondary N) is 1. The van der Waals surface area contributed by atoms with Gasteiger partial charge in [0, 0.05) is 64.8 Å². The SMILES string of the molecule is CCNC(=NCCCN(CC)S(C)(=O)=O)N1CCN(c2ncccn2)CC1. The highest BCUT2D eigenvalue weighted by atomic mass is 32.2. The molecule has 0 radical (unpaired) electrons. The van der Waals surface area contributed by atoms with E-state index in [0.29, 0.717) is 26.1 Å². The third-order valence-electron chi connectivity index (χ3n) is 4.40. The van der Waals surface area contributed by atoms with Crippen molar-refractivity contribution in [2.75, 3.05) is 63.5 Å². The Morgan fingerprint density at radius 2 is 1.89 bits per heavy atom.